The van der Waals surface area contributed by atoms with Crippen LogP contribution in [0, 0.1) is 5.92 Å². The Morgan fingerprint density at radius 2 is 1.96 bits per heavy atom. The van der Waals surface area contributed by atoms with Crippen LogP contribution in [0.1, 0.15) is 44.1 Å². The summed E-state index contributed by atoms with van der Waals surface area (Å²) in [6.45, 7) is 2.49. The third-order valence-corrected chi connectivity index (χ3v) is 7.88. The van der Waals surface area contributed by atoms with Crippen LogP contribution in [0.2, 0.25) is 0 Å². The molecule has 28 heavy (non-hydrogen) atoms. The normalized spacial score (nSPS) is 25.5. The minimum Gasteiger partial charge on any atom is -0.375 e. The molecule has 0 radical (unpaired) electrons. The molecule has 1 spiro atoms. The van der Waals surface area contributed by atoms with Crippen molar-refractivity contribution in [1.29, 1.82) is 0 Å². The van der Waals surface area contributed by atoms with Crippen LogP contribution in [0.5, 0.6) is 0 Å². The number of nitrogens with zero attached hydrogens (tertiary/aromatic N) is 2. The highest BCUT2D eigenvalue weighted by atomic mass is 32.2. The van der Waals surface area contributed by atoms with Crippen LogP contribution in [0.4, 0.5) is 5.69 Å². The maximum atomic E-state index is 13.1. The van der Waals surface area contributed by atoms with Gasteiger partial charge in [0.05, 0.1) is 11.9 Å². The number of para-hydroxylation sites is 1. The zero-order chi connectivity index (χ0) is 19.8. The summed E-state index contributed by atoms with van der Waals surface area (Å²) in [5.74, 6) is 0.517. The average Bonchev–Trinajstić information content (AvgIpc) is 2.67. The van der Waals surface area contributed by atoms with Crippen LogP contribution in [-0.4, -0.2) is 56.7 Å². The second-order valence-electron chi connectivity index (χ2n) is 8.53. The maximum absolute atomic E-state index is 13.1. The number of fused-ring (bicyclic) bond motifs is 1. The van der Waals surface area contributed by atoms with Gasteiger partial charge in [-0.3, -0.25) is 4.79 Å². The minimum absolute atomic E-state index is 0.211. The molecule has 3 aliphatic heterocycles. The number of hydrogen-bond acceptors (Lipinski definition) is 4. The average molecular weight is 407 g/mol. The Kier molecular flexibility index (Phi) is 5.51. The van der Waals surface area contributed by atoms with Gasteiger partial charge in [-0.15, -0.1) is 0 Å². The number of anilines is 1. The molecule has 7 heteroatoms. The van der Waals surface area contributed by atoms with E-state index in [9.17, 15) is 13.2 Å². The first-order chi connectivity index (χ1) is 13.4. The van der Waals surface area contributed by atoms with Gasteiger partial charge in [0.25, 0.3) is 0 Å². The number of aryl methyl sites for hydroxylation is 1. The molecule has 4 rings (SSSR count). The second-order valence-corrected chi connectivity index (χ2v) is 10.5. The second kappa shape index (κ2) is 7.76. The number of carbonyl (C=O) groups is 1. The third kappa shape index (κ3) is 4.11. The van der Waals surface area contributed by atoms with Crippen LogP contribution in [0.15, 0.2) is 24.3 Å². The van der Waals surface area contributed by atoms with Gasteiger partial charge in [0, 0.05) is 38.3 Å². The van der Waals surface area contributed by atoms with E-state index in [1.54, 1.807) is 4.31 Å². The number of rotatable bonds is 3. The lowest BCUT2D eigenvalue weighted by molar-refractivity contribution is -0.131. The predicted molar refractivity (Wildman–Crippen MR) is 109 cm³/mol. The van der Waals surface area contributed by atoms with E-state index in [0.717, 1.165) is 50.8 Å². The van der Waals surface area contributed by atoms with Crippen LogP contribution >= 0.6 is 0 Å². The van der Waals surface area contributed by atoms with Crippen molar-refractivity contribution in [2.75, 3.05) is 37.4 Å². The molecule has 0 bridgehead atoms. The monoisotopic (exact) mass is 406 g/mol. The number of amides is 1. The molecule has 0 aromatic heterocycles. The van der Waals surface area contributed by atoms with Gasteiger partial charge < -0.3 is 9.64 Å². The van der Waals surface area contributed by atoms with Gasteiger partial charge in [-0.05, 0) is 56.1 Å². The fourth-order valence-corrected chi connectivity index (χ4v) is 5.87. The first-order valence-electron chi connectivity index (χ1n) is 10.3. The fraction of sp³-hybridized carbons (Fsp3) is 0.667. The first-order valence-corrected chi connectivity index (χ1v) is 12.2. The summed E-state index contributed by atoms with van der Waals surface area (Å²) in [6, 6.07) is 8.22. The smallest absolute Gasteiger partial charge is 0.227 e. The Morgan fingerprint density at radius 1 is 1.21 bits per heavy atom. The molecule has 3 heterocycles. The Bertz CT molecular complexity index is 831. The third-order valence-electron chi connectivity index (χ3n) is 6.57. The van der Waals surface area contributed by atoms with E-state index in [1.807, 2.05) is 17.0 Å². The van der Waals surface area contributed by atoms with Crippen LogP contribution < -0.4 is 4.90 Å². The number of hydrogen-bond donors (Lipinski definition) is 0. The van der Waals surface area contributed by atoms with E-state index in [0.29, 0.717) is 32.0 Å². The van der Waals surface area contributed by atoms with E-state index >= 15 is 0 Å². The van der Waals surface area contributed by atoms with E-state index in [-0.39, 0.29) is 11.5 Å². The van der Waals surface area contributed by atoms with Crippen molar-refractivity contribution in [3.63, 3.8) is 0 Å². The highest BCUT2D eigenvalue weighted by molar-refractivity contribution is 7.88. The van der Waals surface area contributed by atoms with Crippen molar-refractivity contribution >= 4 is 21.6 Å². The number of benzene rings is 1. The molecule has 1 atom stereocenters. The summed E-state index contributed by atoms with van der Waals surface area (Å²) in [5, 5.41) is 0. The number of sulfonamides is 1. The van der Waals surface area contributed by atoms with Crippen molar-refractivity contribution in [3.05, 3.63) is 29.8 Å². The van der Waals surface area contributed by atoms with Gasteiger partial charge in [0.15, 0.2) is 0 Å². The van der Waals surface area contributed by atoms with Gasteiger partial charge in [-0.25, -0.2) is 12.7 Å². The summed E-state index contributed by atoms with van der Waals surface area (Å²) in [5.41, 5.74) is 2.07. The van der Waals surface area contributed by atoms with E-state index < -0.39 is 10.0 Å². The molecular formula is C21H30N2O4S. The summed E-state index contributed by atoms with van der Waals surface area (Å²) < 4.78 is 31.2. The summed E-state index contributed by atoms with van der Waals surface area (Å²) in [7, 11) is -3.14. The van der Waals surface area contributed by atoms with Gasteiger partial charge >= 0.3 is 0 Å². The van der Waals surface area contributed by atoms with Crippen molar-refractivity contribution in [3.8, 4) is 0 Å². The Balaban J connectivity index is 1.39. The van der Waals surface area contributed by atoms with Crippen molar-refractivity contribution in [1.82, 2.24) is 4.31 Å². The standard InChI is InChI=1S/C21H30N2O4S/c1-28(25,26)22-12-9-21(10-13-22)16-17(8-14-27-21)15-20(24)23-11-4-6-18-5-2-3-7-19(18)23/h2-3,5,7,17H,4,6,8-16H2,1H3. The van der Waals surface area contributed by atoms with Crippen LogP contribution in [0.25, 0.3) is 0 Å². The molecule has 2 fully saturated rings. The van der Waals surface area contributed by atoms with Crippen molar-refractivity contribution in [2.24, 2.45) is 5.92 Å². The van der Waals surface area contributed by atoms with Crippen molar-refractivity contribution < 1.29 is 17.9 Å². The van der Waals surface area contributed by atoms with E-state index in [1.165, 1.54) is 11.8 Å². The van der Waals surface area contributed by atoms with Crippen LogP contribution in [-0.2, 0) is 26.0 Å². The van der Waals surface area contributed by atoms with Gasteiger partial charge in [-0.2, -0.15) is 0 Å². The molecule has 1 amide bonds. The zero-order valence-corrected chi connectivity index (χ0v) is 17.4. The SMILES string of the molecule is CS(=O)(=O)N1CCC2(CC1)CC(CC(=O)N1CCCc3ccccc31)CCO2. The molecule has 1 unspecified atom stereocenters. The molecule has 1 aromatic rings. The van der Waals surface area contributed by atoms with Gasteiger partial charge in [0.2, 0.25) is 15.9 Å². The lowest BCUT2D eigenvalue weighted by atomic mass is 9.78. The molecule has 2 saturated heterocycles. The van der Waals surface area contributed by atoms with E-state index in [2.05, 4.69) is 12.1 Å². The Labute approximate surface area is 167 Å². The van der Waals surface area contributed by atoms with E-state index in [4.69, 9.17) is 4.74 Å². The quantitative estimate of drug-likeness (QED) is 0.774. The molecule has 6 nitrogen and oxygen atoms in total. The molecule has 0 N–H and O–H groups in total. The largest absolute Gasteiger partial charge is 0.375 e. The molecule has 1 aromatic carbocycles. The molecule has 3 aliphatic rings. The zero-order valence-electron chi connectivity index (χ0n) is 16.6. The Morgan fingerprint density at radius 3 is 2.71 bits per heavy atom. The minimum atomic E-state index is -3.14. The molecular weight excluding hydrogens is 376 g/mol. The number of carbonyl (C=O) groups excluding carboxylic acids is 1. The summed E-state index contributed by atoms with van der Waals surface area (Å²) in [4.78, 5) is 15.0. The highest BCUT2D eigenvalue weighted by Crippen LogP contribution is 2.40. The number of piperidine rings is 1. The summed E-state index contributed by atoms with van der Waals surface area (Å²) >= 11 is 0. The maximum Gasteiger partial charge on any atom is 0.227 e. The van der Waals surface area contributed by atoms with Crippen LogP contribution in [0.3, 0.4) is 0 Å². The molecule has 154 valence electrons. The predicted octanol–water partition coefficient (Wildman–Crippen LogP) is 2.58. The van der Waals surface area contributed by atoms with Gasteiger partial charge in [0.1, 0.15) is 0 Å². The van der Waals surface area contributed by atoms with Crippen molar-refractivity contribution in [2.45, 2.75) is 50.5 Å². The lowest BCUT2D eigenvalue weighted by Gasteiger charge is -2.45. The Hall–Kier alpha value is -1.44. The molecule has 0 aliphatic carbocycles. The molecule has 0 saturated carbocycles. The highest BCUT2D eigenvalue weighted by Gasteiger charge is 2.42. The topological polar surface area (TPSA) is 66.9 Å². The van der Waals surface area contributed by atoms with Gasteiger partial charge in [-0.1, -0.05) is 18.2 Å². The summed E-state index contributed by atoms with van der Waals surface area (Å²) in [6.07, 6.45) is 7.07. The number of ether oxygens (including phenoxy) is 1. The first kappa shape index (κ1) is 19.9. The lowest BCUT2D eigenvalue weighted by Crippen LogP contribution is -2.51. The fourth-order valence-electron chi connectivity index (χ4n) is 5.03.